The third-order valence-corrected chi connectivity index (χ3v) is 6.08. The summed E-state index contributed by atoms with van der Waals surface area (Å²) in [4.78, 5) is 28.3. The van der Waals surface area contributed by atoms with Crippen LogP contribution >= 0.6 is 11.6 Å². The first-order valence-corrected chi connectivity index (χ1v) is 10.5. The molecule has 0 radical (unpaired) electrons. The molecule has 0 unspecified atom stereocenters. The van der Waals surface area contributed by atoms with Crippen LogP contribution in [0.1, 0.15) is 18.5 Å². The number of aryl methyl sites for hydroxylation is 1. The summed E-state index contributed by atoms with van der Waals surface area (Å²) < 4.78 is 3.27. The first-order valence-electron chi connectivity index (χ1n) is 10.1. The number of likely N-dealkylation sites (tertiary alicyclic amines) is 1. The normalized spacial score (nSPS) is 14.1. The number of aromatic nitrogens is 3. The van der Waals surface area contributed by atoms with Crippen molar-refractivity contribution in [1.29, 1.82) is 0 Å². The topological polar surface area (TPSA) is 60.1 Å². The van der Waals surface area contributed by atoms with Gasteiger partial charge in [-0.15, -0.1) is 0 Å². The van der Waals surface area contributed by atoms with Crippen LogP contribution in [0.2, 0.25) is 5.02 Å². The van der Waals surface area contributed by atoms with E-state index in [0.717, 1.165) is 36.8 Å². The van der Waals surface area contributed by atoms with Crippen molar-refractivity contribution in [2.24, 2.45) is 7.05 Å². The van der Waals surface area contributed by atoms with Crippen molar-refractivity contribution in [3.05, 3.63) is 69.6 Å². The highest BCUT2D eigenvalue weighted by Crippen LogP contribution is 2.31. The van der Waals surface area contributed by atoms with E-state index >= 15 is 0 Å². The van der Waals surface area contributed by atoms with Crippen LogP contribution in [-0.4, -0.2) is 38.2 Å². The molecule has 0 saturated carbocycles. The second-order valence-electron chi connectivity index (χ2n) is 7.71. The van der Waals surface area contributed by atoms with Crippen molar-refractivity contribution >= 4 is 39.3 Å². The van der Waals surface area contributed by atoms with E-state index in [1.807, 2.05) is 59.0 Å². The Morgan fingerprint density at radius 3 is 2.57 bits per heavy atom. The number of fused-ring (bicyclic) bond motifs is 3. The molecule has 2 aromatic heterocycles. The first-order chi connectivity index (χ1) is 14.5. The fraction of sp³-hybridized carbons (Fsp3) is 0.261. The zero-order chi connectivity index (χ0) is 20.8. The highest BCUT2D eigenvalue weighted by atomic mass is 35.5. The highest BCUT2D eigenvalue weighted by molar-refractivity contribution is 6.32. The fourth-order valence-corrected chi connectivity index (χ4v) is 4.54. The molecule has 4 aromatic rings. The summed E-state index contributed by atoms with van der Waals surface area (Å²) in [5, 5.41) is 6.81. The van der Waals surface area contributed by atoms with Gasteiger partial charge in [0, 0.05) is 41.4 Å². The van der Waals surface area contributed by atoms with E-state index in [4.69, 9.17) is 11.6 Å². The number of hydrogen-bond donors (Lipinski definition) is 0. The monoisotopic (exact) mass is 420 g/mol. The van der Waals surface area contributed by atoms with Gasteiger partial charge in [0.05, 0.1) is 17.8 Å². The van der Waals surface area contributed by atoms with Crippen LogP contribution < -0.4 is 5.56 Å². The second kappa shape index (κ2) is 7.29. The molecule has 30 heavy (non-hydrogen) atoms. The maximum atomic E-state index is 13.4. The standard InChI is InChI=1S/C23H21ClN4O2/c1-26-19-10-9-15(24)13-17(19)21-18(14-20(29)27-11-5-6-12-27)25-28(23(30)22(21)26)16-7-3-2-4-8-16/h2-4,7-10,13H,5-6,11-12,14H2,1H3. The van der Waals surface area contributed by atoms with E-state index in [0.29, 0.717) is 27.3 Å². The van der Waals surface area contributed by atoms with Gasteiger partial charge in [-0.2, -0.15) is 9.78 Å². The lowest BCUT2D eigenvalue weighted by Crippen LogP contribution is -2.31. The zero-order valence-electron chi connectivity index (χ0n) is 16.6. The molecule has 152 valence electrons. The van der Waals surface area contributed by atoms with Crippen LogP contribution in [0.5, 0.6) is 0 Å². The largest absolute Gasteiger partial charge is 0.342 e. The third-order valence-electron chi connectivity index (χ3n) is 5.84. The van der Waals surface area contributed by atoms with E-state index < -0.39 is 0 Å². The third kappa shape index (κ3) is 2.99. The quantitative estimate of drug-likeness (QED) is 0.507. The summed E-state index contributed by atoms with van der Waals surface area (Å²) in [6.07, 6.45) is 2.21. The van der Waals surface area contributed by atoms with Gasteiger partial charge in [-0.3, -0.25) is 9.59 Å². The van der Waals surface area contributed by atoms with Crippen LogP contribution in [0.4, 0.5) is 0 Å². The molecular formula is C23H21ClN4O2. The Labute approximate surface area is 178 Å². The molecule has 0 aliphatic carbocycles. The first kappa shape index (κ1) is 18.9. The summed E-state index contributed by atoms with van der Waals surface area (Å²) >= 11 is 6.27. The molecule has 0 atom stereocenters. The molecule has 0 N–H and O–H groups in total. The summed E-state index contributed by atoms with van der Waals surface area (Å²) in [6, 6.07) is 14.9. The van der Waals surface area contributed by atoms with Crippen LogP contribution in [0.3, 0.4) is 0 Å². The fourth-order valence-electron chi connectivity index (χ4n) is 4.37. The van der Waals surface area contributed by atoms with E-state index in [9.17, 15) is 9.59 Å². The van der Waals surface area contributed by atoms with Gasteiger partial charge in [-0.1, -0.05) is 29.8 Å². The molecule has 7 heteroatoms. The number of para-hydroxylation sites is 1. The number of halogens is 1. The number of nitrogens with zero attached hydrogens (tertiary/aromatic N) is 4. The van der Waals surface area contributed by atoms with Crippen molar-refractivity contribution in [2.45, 2.75) is 19.3 Å². The minimum Gasteiger partial charge on any atom is -0.342 e. The summed E-state index contributed by atoms with van der Waals surface area (Å²) in [6.45, 7) is 1.56. The highest BCUT2D eigenvalue weighted by Gasteiger charge is 2.24. The van der Waals surface area contributed by atoms with Crippen molar-refractivity contribution in [1.82, 2.24) is 19.2 Å². The van der Waals surface area contributed by atoms with Crippen LogP contribution in [0, 0.1) is 0 Å². The summed E-state index contributed by atoms with van der Waals surface area (Å²) in [5.74, 6) is 0.0404. The molecule has 0 bridgehead atoms. The molecule has 1 amide bonds. The van der Waals surface area contributed by atoms with Crippen molar-refractivity contribution < 1.29 is 4.79 Å². The lowest BCUT2D eigenvalue weighted by Gasteiger charge is -2.16. The number of hydrogen-bond acceptors (Lipinski definition) is 3. The van der Waals surface area contributed by atoms with Gasteiger partial charge in [0.2, 0.25) is 5.91 Å². The van der Waals surface area contributed by atoms with Gasteiger partial charge >= 0.3 is 0 Å². The zero-order valence-corrected chi connectivity index (χ0v) is 17.4. The molecule has 1 aliphatic heterocycles. The Morgan fingerprint density at radius 2 is 1.83 bits per heavy atom. The van der Waals surface area contributed by atoms with Crippen LogP contribution in [0.15, 0.2) is 53.3 Å². The average molecular weight is 421 g/mol. The van der Waals surface area contributed by atoms with Gasteiger partial charge in [0.15, 0.2) is 0 Å². The number of carbonyl (C=O) groups is 1. The van der Waals surface area contributed by atoms with Gasteiger partial charge in [0.1, 0.15) is 5.52 Å². The van der Waals surface area contributed by atoms with E-state index in [-0.39, 0.29) is 17.9 Å². The van der Waals surface area contributed by atoms with Crippen LogP contribution in [-0.2, 0) is 18.3 Å². The van der Waals surface area contributed by atoms with Crippen molar-refractivity contribution in [2.75, 3.05) is 13.1 Å². The molecule has 2 aromatic carbocycles. The Balaban J connectivity index is 1.81. The maximum Gasteiger partial charge on any atom is 0.296 e. The molecular weight excluding hydrogens is 400 g/mol. The van der Waals surface area contributed by atoms with Crippen molar-refractivity contribution in [3.63, 3.8) is 0 Å². The Hall–Kier alpha value is -3.12. The molecule has 5 rings (SSSR count). The van der Waals surface area contributed by atoms with Crippen molar-refractivity contribution in [3.8, 4) is 5.69 Å². The van der Waals surface area contributed by atoms with E-state index in [1.165, 1.54) is 4.68 Å². The number of amides is 1. The summed E-state index contributed by atoms with van der Waals surface area (Å²) in [5.41, 5.74) is 2.45. The molecule has 6 nitrogen and oxygen atoms in total. The Kier molecular flexibility index (Phi) is 4.59. The minimum absolute atomic E-state index is 0.0404. The average Bonchev–Trinajstić information content (AvgIpc) is 3.38. The predicted octanol–water partition coefficient (Wildman–Crippen LogP) is 3.70. The van der Waals surface area contributed by atoms with Crippen LogP contribution in [0.25, 0.3) is 27.5 Å². The Morgan fingerprint density at radius 1 is 1.10 bits per heavy atom. The van der Waals surface area contributed by atoms with Gasteiger partial charge in [0.25, 0.3) is 5.56 Å². The Bertz CT molecular complexity index is 1330. The second-order valence-corrected chi connectivity index (χ2v) is 8.14. The predicted molar refractivity (Wildman–Crippen MR) is 118 cm³/mol. The lowest BCUT2D eigenvalue weighted by molar-refractivity contribution is -0.129. The lowest BCUT2D eigenvalue weighted by atomic mass is 10.1. The molecule has 1 saturated heterocycles. The van der Waals surface area contributed by atoms with E-state index in [1.54, 1.807) is 6.07 Å². The van der Waals surface area contributed by atoms with Gasteiger partial charge in [-0.25, -0.2) is 0 Å². The number of rotatable bonds is 3. The summed E-state index contributed by atoms with van der Waals surface area (Å²) in [7, 11) is 1.86. The van der Waals surface area contributed by atoms with Gasteiger partial charge in [-0.05, 0) is 43.2 Å². The molecule has 3 heterocycles. The van der Waals surface area contributed by atoms with Gasteiger partial charge < -0.3 is 9.47 Å². The molecule has 1 aliphatic rings. The minimum atomic E-state index is -0.219. The number of carbonyl (C=O) groups excluding carboxylic acids is 1. The number of benzene rings is 2. The molecule has 1 fully saturated rings. The molecule has 0 spiro atoms. The maximum absolute atomic E-state index is 13.4. The smallest absolute Gasteiger partial charge is 0.296 e. The van der Waals surface area contributed by atoms with E-state index in [2.05, 4.69) is 5.10 Å². The SMILES string of the molecule is Cn1c2ccc(Cl)cc2c2c(CC(=O)N3CCCC3)nn(-c3ccccc3)c(=O)c21.